The zero-order valence-electron chi connectivity index (χ0n) is 11.7. The number of carbonyl (C=O) groups excluding carboxylic acids is 2. The number of hydrogen-bond donors (Lipinski definition) is 3. The van der Waals surface area contributed by atoms with Crippen LogP contribution < -0.4 is 11.1 Å². The van der Waals surface area contributed by atoms with E-state index in [9.17, 15) is 14.4 Å². The number of nitrogens with one attached hydrogen (secondary N) is 1. The van der Waals surface area contributed by atoms with Crippen molar-refractivity contribution in [2.24, 2.45) is 5.73 Å². The van der Waals surface area contributed by atoms with Crippen molar-refractivity contribution in [2.75, 3.05) is 7.11 Å². The van der Waals surface area contributed by atoms with Crippen LogP contribution in [0.15, 0.2) is 0 Å². The summed E-state index contributed by atoms with van der Waals surface area (Å²) < 4.78 is 4.80. The average molecular weight is 286 g/mol. The lowest BCUT2D eigenvalue weighted by atomic mass is 9.89. The van der Waals surface area contributed by atoms with Gasteiger partial charge >= 0.3 is 11.9 Å². The number of carboxylic acid groups (broad SMARTS) is 1. The molecular weight excluding hydrogens is 264 g/mol. The molecule has 0 spiro atoms. The fourth-order valence-electron chi connectivity index (χ4n) is 2.52. The number of methoxy groups -OCH3 is 1. The quantitative estimate of drug-likeness (QED) is 0.489. The molecule has 0 bridgehead atoms. The maximum Gasteiger partial charge on any atom is 0.331 e. The first kappa shape index (κ1) is 16.4. The smallest absolute Gasteiger partial charge is 0.331 e. The Morgan fingerprint density at radius 2 is 1.80 bits per heavy atom. The monoisotopic (exact) mass is 286 g/mol. The standard InChI is InChI=1S/C13H22N2O5/c1-20-12(19)13(6-4-2-3-5-7-13)15-11(18)9(14)8-10(16)17/h9H,2-8,14H2,1H3,(H,15,18)(H,16,17)/t9-/m0/s1. The van der Waals surface area contributed by atoms with Crippen molar-refractivity contribution in [3.8, 4) is 0 Å². The Morgan fingerprint density at radius 3 is 2.25 bits per heavy atom. The molecule has 0 saturated heterocycles. The molecule has 1 saturated carbocycles. The number of esters is 1. The summed E-state index contributed by atoms with van der Waals surface area (Å²) in [6.45, 7) is 0. The Balaban J connectivity index is 2.81. The first-order valence-corrected chi connectivity index (χ1v) is 6.79. The summed E-state index contributed by atoms with van der Waals surface area (Å²) in [7, 11) is 1.28. The highest BCUT2D eigenvalue weighted by Crippen LogP contribution is 2.28. The number of hydrogen-bond acceptors (Lipinski definition) is 5. The molecule has 0 heterocycles. The minimum absolute atomic E-state index is 0.469. The van der Waals surface area contributed by atoms with Crippen LogP contribution in [0.5, 0.6) is 0 Å². The highest BCUT2D eigenvalue weighted by Gasteiger charge is 2.41. The van der Waals surface area contributed by atoms with Crippen LogP contribution in [0.1, 0.15) is 44.9 Å². The molecule has 1 atom stereocenters. The van der Waals surface area contributed by atoms with E-state index in [1.54, 1.807) is 0 Å². The molecule has 0 aromatic carbocycles. The fraction of sp³-hybridized carbons (Fsp3) is 0.769. The molecule has 1 aliphatic rings. The Bertz CT molecular complexity index is 375. The predicted molar refractivity (Wildman–Crippen MR) is 70.8 cm³/mol. The molecule has 1 fully saturated rings. The van der Waals surface area contributed by atoms with Crippen molar-refractivity contribution in [3.63, 3.8) is 0 Å². The summed E-state index contributed by atoms with van der Waals surface area (Å²) >= 11 is 0. The van der Waals surface area contributed by atoms with Crippen molar-refractivity contribution in [1.82, 2.24) is 5.32 Å². The molecule has 1 aliphatic carbocycles. The summed E-state index contributed by atoms with van der Waals surface area (Å²) in [5.41, 5.74) is 4.46. The van der Waals surface area contributed by atoms with Gasteiger partial charge in [-0.15, -0.1) is 0 Å². The third kappa shape index (κ3) is 4.19. The minimum atomic E-state index is -1.17. The van der Waals surface area contributed by atoms with E-state index in [1.165, 1.54) is 7.11 Å². The van der Waals surface area contributed by atoms with Crippen molar-refractivity contribution >= 4 is 17.8 Å². The molecule has 7 heteroatoms. The Hall–Kier alpha value is -1.63. The van der Waals surface area contributed by atoms with Gasteiger partial charge in [0.1, 0.15) is 5.54 Å². The van der Waals surface area contributed by atoms with E-state index in [1.807, 2.05) is 0 Å². The predicted octanol–water partition coefficient (Wildman–Crippen LogP) is 0.171. The number of amides is 1. The van der Waals surface area contributed by atoms with E-state index in [-0.39, 0.29) is 0 Å². The van der Waals surface area contributed by atoms with Crippen LogP contribution in [0, 0.1) is 0 Å². The van der Waals surface area contributed by atoms with Crippen LogP contribution in [-0.2, 0) is 19.1 Å². The normalized spacial score (nSPS) is 19.5. The SMILES string of the molecule is COC(=O)C1(NC(=O)[C@@H](N)CC(=O)O)CCCCCC1. The second kappa shape index (κ2) is 7.23. The number of carbonyl (C=O) groups is 3. The number of ether oxygens (including phenoxy) is 1. The molecule has 1 rings (SSSR count). The van der Waals surface area contributed by atoms with Gasteiger partial charge in [0.25, 0.3) is 0 Å². The van der Waals surface area contributed by atoms with Gasteiger partial charge in [0.05, 0.1) is 19.6 Å². The first-order valence-electron chi connectivity index (χ1n) is 6.79. The summed E-state index contributed by atoms with van der Waals surface area (Å²) in [5.74, 6) is -2.27. The van der Waals surface area contributed by atoms with E-state index in [0.717, 1.165) is 25.7 Å². The summed E-state index contributed by atoms with van der Waals surface area (Å²) in [5, 5.41) is 11.3. The van der Waals surface area contributed by atoms with Gasteiger partial charge in [-0.2, -0.15) is 0 Å². The zero-order valence-corrected chi connectivity index (χ0v) is 11.7. The van der Waals surface area contributed by atoms with Crippen LogP contribution in [-0.4, -0.2) is 41.6 Å². The van der Waals surface area contributed by atoms with Gasteiger partial charge in [-0.05, 0) is 12.8 Å². The number of aliphatic carboxylic acids is 1. The molecule has 0 aliphatic heterocycles. The summed E-state index contributed by atoms with van der Waals surface area (Å²) in [6.07, 6.45) is 4.12. The molecule has 4 N–H and O–H groups in total. The fourth-order valence-corrected chi connectivity index (χ4v) is 2.52. The van der Waals surface area contributed by atoms with Crippen molar-refractivity contribution in [3.05, 3.63) is 0 Å². The minimum Gasteiger partial charge on any atom is -0.481 e. The zero-order chi connectivity index (χ0) is 15.2. The summed E-state index contributed by atoms with van der Waals surface area (Å²) in [6, 6.07) is -1.17. The van der Waals surface area contributed by atoms with Crippen LogP contribution in [0.3, 0.4) is 0 Å². The van der Waals surface area contributed by atoms with Gasteiger partial charge in [0.15, 0.2) is 0 Å². The number of nitrogens with two attached hydrogens (primary N) is 1. The van der Waals surface area contributed by atoms with E-state index < -0.39 is 35.8 Å². The molecule has 1 amide bonds. The largest absolute Gasteiger partial charge is 0.481 e. The Morgan fingerprint density at radius 1 is 1.25 bits per heavy atom. The molecular formula is C13H22N2O5. The molecule has 0 unspecified atom stereocenters. The topological polar surface area (TPSA) is 119 Å². The highest BCUT2D eigenvalue weighted by atomic mass is 16.5. The van der Waals surface area contributed by atoms with Gasteiger partial charge in [-0.25, -0.2) is 4.79 Å². The molecule has 0 radical (unpaired) electrons. The maximum absolute atomic E-state index is 12.0. The second-order valence-corrected chi connectivity index (χ2v) is 5.18. The van der Waals surface area contributed by atoms with E-state index in [0.29, 0.717) is 12.8 Å². The van der Waals surface area contributed by atoms with Gasteiger partial charge in [0.2, 0.25) is 5.91 Å². The molecule has 7 nitrogen and oxygen atoms in total. The van der Waals surface area contributed by atoms with Gasteiger partial charge < -0.3 is 20.9 Å². The van der Waals surface area contributed by atoms with Gasteiger partial charge in [-0.1, -0.05) is 25.7 Å². The van der Waals surface area contributed by atoms with Gasteiger partial charge in [0, 0.05) is 0 Å². The molecule has 0 aromatic rings. The summed E-state index contributed by atoms with van der Waals surface area (Å²) in [4.78, 5) is 34.6. The molecule has 114 valence electrons. The van der Waals surface area contributed by atoms with Crippen LogP contribution in [0.2, 0.25) is 0 Å². The van der Waals surface area contributed by atoms with Crippen LogP contribution >= 0.6 is 0 Å². The van der Waals surface area contributed by atoms with Gasteiger partial charge in [-0.3, -0.25) is 9.59 Å². The maximum atomic E-state index is 12.0. The van der Waals surface area contributed by atoms with Crippen LogP contribution in [0.4, 0.5) is 0 Å². The lowest BCUT2D eigenvalue weighted by Gasteiger charge is -2.31. The lowest BCUT2D eigenvalue weighted by molar-refractivity contribution is -0.152. The number of rotatable bonds is 5. The van der Waals surface area contributed by atoms with Crippen molar-refractivity contribution < 1.29 is 24.2 Å². The van der Waals surface area contributed by atoms with Crippen molar-refractivity contribution in [1.29, 1.82) is 0 Å². The van der Waals surface area contributed by atoms with E-state index in [4.69, 9.17) is 15.6 Å². The molecule has 20 heavy (non-hydrogen) atoms. The van der Waals surface area contributed by atoms with Crippen LogP contribution in [0.25, 0.3) is 0 Å². The van der Waals surface area contributed by atoms with E-state index >= 15 is 0 Å². The van der Waals surface area contributed by atoms with Crippen molar-refractivity contribution in [2.45, 2.75) is 56.5 Å². The second-order valence-electron chi connectivity index (χ2n) is 5.18. The first-order chi connectivity index (χ1) is 9.41. The van der Waals surface area contributed by atoms with E-state index in [2.05, 4.69) is 5.32 Å². The Kier molecular flexibility index (Phi) is 5.94. The Labute approximate surface area is 117 Å². The molecule has 0 aromatic heterocycles. The lowest BCUT2D eigenvalue weighted by Crippen LogP contribution is -2.58. The number of carboxylic acids is 1. The highest BCUT2D eigenvalue weighted by molar-refractivity contribution is 5.92. The average Bonchev–Trinajstić information content (AvgIpc) is 2.63. The third-order valence-electron chi connectivity index (χ3n) is 3.63. The third-order valence-corrected chi connectivity index (χ3v) is 3.63.